The van der Waals surface area contributed by atoms with Crippen LogP contribution in [0.2, 0.25) is 0 Å². The molecule has 1 fully saturated rings. The molecule has 0 aromatic rings. The first-order valence-electron chi connectivity index (χ1n) is 7.09. The SMILES string of the molecule is CCCNC(=O)CCNC(=NC)NCC1CCCS1.I. The molecule has 0 bridgehead atoms. The third-order valence-corrected chi connectivity index (χ3v) is 4.36. The van der Waals surface area contributed by atoms with Crippen molar-refractivity contribution in [1.29, 1.82) is 0 Å². The largest absolute Gasteiger partial charge is 0.356 e. The first-order chi connectivity index (χ1) is 9.26. The Labute approximate surface area is 143 Å². The molecule has 0 aromatic carbocycles. The summed E-state index contributed by atoms with van der Waals surface area (Å²) in [6, 6.07) is 0. The fourth-order valence-corrected chi connectivity index (χ4v) is 3.08. The van der Waals surface area contributed by atoms with Gasteiger partial charge in [-0.2, -0.15) is 11.8 Å². The molecular weight excluding hydrogens is 387 g/mol. The van der Waals surface area contributed by atoms with Crippen LogP contribution in [0.1, 0.15) is 32.6 Å². The molecule has 0 radical (unpaired) electrons. The number of thioether (sulfide) groups is 1. The molecule has 1 heterocycles. The fourth-order valence-electron chi connectivity index (χ4n) is 1.88. The van der Waals surface area contributed by atoms with Crippen LogP contribution >= 0.6 is 35.7 Å². The van der Waals surface area contributed by atoms with Gasteiger partial charge in [-0.15, -0.1) is 24.0 Å². The van der Waals surface area contributed by atoms with Crippen molar-refractivity contribution in [3.63, 3.8) is 0 Å². The van der Waals surface area contributed by atoms with Crippen LogP contribution in [0.4, 0.5) is 0 Å². The highest BCUT2D eigenvalue weighted by Crippen LogP contribution is 2.25. The number of rotatable bonds is 7. The lowest BCUT2D eigenvalue weighted by atomic mass is 10.2. The van der Waals surface area contributed by atoms with E-state index in [1.165, 1.54) is 18.6 Å². The number of hydrogen-bond donors (Lipinski definition) is 3. The molecule has 1 unspecified atom stereocenters. The van der Waals surface area contributed by atoms with Crippen LogP contribution in [-0.4, -0.2) is 49.6 Å². The summed E-state index contributed by atoms with van der Waals surface area (Å²) in [5, 5.41) is 10.0. The molecule has 0 aliphatic carbocycles. The quantitative estimate of drug-likeness (QED) is 0.336. The van der Waals surface area contributed by atoms with Crippen molar-refractivity contribution < 1.29 is 4.79 Å². The number of nitrogens with zero attached hydrogens (tertiary/aromatic N) is 1. The van der Waals surface area contributed by atoms with E-state index in [9.17, 15) is 4.79 Å². The zero-order valence-electron chi connectivity index (χ0n) is 12.4. The van der Waals surface area contributed by atoms with Crippen molar-refractivity contribution in [3.05, 3.63) is 0 Å². The molecule has 20 heavy (non-hydrogen) atoms. The molecule has 1 atom stereocenters. The van der Waals surface area contributed by atoms with Gasteiger partial charge in [0.2, 0.25) is 5.91 Å². The minimum Gasteiger partial charge on any atom is -0.356 e. The molecule has 1 rings (SSSR count). The fraction of sp³-hybridized carbons (Fsp3) is 0.846. The smallest absolute Gasteiger partial charge is 0.221 e. The van der Waals surface area contributed by atoms with E-state index in [4.69, 9.17) is 0 Å². The molecule has 7 heteroatoms. The van der Waals surface area contributed by atoms with Gasteiger partial charge in [-0.1, -0.05) is 6.92 Å². The summed E-state index contributed by atoms with van der Waals surface area (Å²) in [7, 11) is 1.76. The van der Waals surface area contributed by atoms with E-state index in [0.717, 1.165) is 25.5 Å². The van der Waals surface area contributed by atoms with Crippen LogP contribution in [0.3, 0.4) is 0 Å². The zero-order chi connectivity index (χ0) is 13.9. The predicted molar refractivity (Wildman–Crippen MR) is 98.2 cm³/mol. The molecule has 118 valence electrons. The second kappa shape index (κ2) is 12.6. The summed E-state index contributed by atoms with van der Waals surface area (Å²) in [5.41, 5.74) is 0. The molecule has 1 saturated heterocycles. The van der Waals surface area contributed by atoms with Gasteiger partial charge < -0.3 is 16.0 Å². The maximum atomic E-state index is 11.4. The monoisotopic (exact) mass is 414 g/mol. The number of hydrogen-bond acceptors (Lipinski definition) is 3. The number of aliphatic imine (C=N–C) groups is 1. The Bertz CT molecular complexity index is 296. The third-order valence-electron chi connectivity index (χ3n) is 2.96. The van der Waals surface area contributed by atoms with Gasteiger partial charge in [-0.25, -0.2) is 0 Å². The van der Waals surface area contributed by atoms with Crippen LogP contribution in [0.5, 0.6) is 0 Å². The van der Waals surface area contributed by atoms with Crippen LogP contribution in [0.25, 0.3) is 0 Å². The topological polar surface area (TPSA) is 65.5 Å². The van der Waals surface area contributed by atoms with Crippen molar-refractivity contribution in [3.8, 4) is 0 Å². The van der Waals surface area contributed by atoms with Gasteiger partial charge in [0.05, 0.1) is 0 Å². The molecule has 0 saturated carbocycles. The second-order valence-corrected chi connectivity index (χ2v) is 6.02. The molecule has 1 aliphatic rings. The Morgan fingerprint density at radius 1 is 1.30 bits per heavy atom. The maximum Gasteiger partial charge on any atom is 0.221 e. The van der Waals surface area contributed by atoms with Gasteiger partial charge in [0, 0.05) is 38.4 Å². The highest BCUT2D eigenvalue weighted by molar-refractivity contribution is 14.0. The first kappa shape index (κ1) is 19.8. The normalized spacial score (nSPS) is 18.3. The number of guanidine groups is 1. The first-order valence-corrected chi connectivity index (χ1v) is 8.14. The Morgan fingerprint density at radius 2 is 2.10 bits per heavy atom. The molecule has 5 nitrogen and oxygen atoms in total. The Morgan fingerprint density at radius 3 is 2.70 bits per heavy atom. The Hall–Kier alpha value is -0.180. The zero-order valence-corrected chi connectivity index (χ0v) is 15.6. The van der Waals surface area contributed by atoms with Gasteiger partial charge in [0.15, 0.2) is 5.96 Å². The van der Waals surface area contributed by atoms with Crippen molar-refractivity contribution in [2.75, 3.05) is 32.4 Å². The number of carbonyl (C=O) groups is 1. The minimum atomic E-state index is 0. The number of nitrogens with one attached hydrogen (secondary N) is 3. The van der Waals surface area contributed by atoms with E-state index < -0.39 is 0 Å². The Kier molecular flexibility index (Phi) is 12.4. The van der Waals surface area contributed by atoms with Crippen LogP contribution < -0.4 is 16.0 Å². The van der Waals surface area contributed by atoms with E-state index in [1.807, 2.05) is 18.7 Å². The van der Waals surface area contributed by atoms with E-state index in [1.54, 1.807) is 7.05 Å². The lowest BCUT2D eigenvalue weighted by molar-refractivity contribution is -0.120. The number of amides is 1. The standard InChI is InChI=1S/C13H26N4OS.HI/c1-3-7-15-12(18)6-8-16-13(14-2)17-10-11-5-4-9-19-11;/h11H,3-10H2,1-2H3,(H,15,18)(H2,14,16,17);1H. The molecule has 1 aliphatic heterocycles. The van der Waals surface area contributed by atoms with Crippen molar-refractivity contribution in [1.82, 2.24) is 16.0 Å². The van der Waals surface area contributed by atoms with Gasteiger partial charge in [-0.3, -0.25) is 9.79 Å². The van der Waals surface area contributed by atoms with E-state index in [-0.39, 0.29) is 29.9 Å². The lowest BCUT2D eigenvalue weighted by Gasteiger charge is -2.14. The van der Waals surface area contributed by atoms with Crippen molar-refractivity contribution >= 4 is 47.6 Å². The highest BCUT2D eigenvalue weighted by Gasteiger charge is 2.15. The van der Waals surface area contributed by atoms with Gasteiger partial charge >= 0.3 is 0 Å². The Balaban J connectivity index is 0.00000361. The molecule has 1 amide bonds. The average Bonchev–Trinajstić information content (AvgIpc) is 2.93. The van der Waals surface area contributed by atoms with Gasteiger partial charge in [0.1, 0.15) is 0 Å². The van der Waals surface area contributed by atoms with Crippen molar-refractivity contribution in [2.45, 2.75) is 37.9 Å². The van der Waals surface area contributed by atoms with Gasteiger partial charge in [-0.05, 0) is 25.0 Å². The van der Waals surface area contributed by atoms with Crippen LogP contribution in [0.15, 0.2) is 4.99 Å². The van der Waals surface area contributed by atoms with Gasteiger partial charge in [0.25, 0.3) is 0 Å². The van der Waals surface area contributed by atoms with Crippen molar-refractivity contribution in [2.24, 2.45) is 4.99 Å². The number of carbonyl (C=O) groups excluding carboxylic acids is 1. The van der Waals surface area contributed by atoms with E-state index in [0.29, 0.717) is 18.2 Å². The maximum absolute atomic E-state index is 11.4. The molecule has 3 N–H and O–H groups in total. The summed E-state index contributed by atoms with van der Waals surface area (Å²) in [4.78, 5) is 15.6. The van der Waals surface area contributed by atoms with E-state index >= 15 is 0 Å². The third kappa shape index (κ3) is 8.89. The molecule has 0 aromatic heterocycles. The minimum absolute atomic E-state index is 0. The lowest BCUT2D eigenvalue weighted by Crippen LogP contribution is -2.41. The summed E-state index contributed by atoms with van der Waals surface area (Å²) in [6.07, 6.45) is 4.06. The summed E-state index contributed by atoms with van der Waals surface area (Å²) < 4.78 is 0. The summed E-state index contributed by atoms with van der Waals surface area (Å²) in [5.74, 6) is 2.16. The summed E-state index contributed by atoms with van der Waals surface area (Å²) in [6.45, 7) is 4.37. The second-order valence-electron chi connectivity index (χ2n) is 4.61. The average molecular weight is 414 g/mol. The predicted octanol–water partition coefficient (Wildman–Crippen LogP) is 1.58. The van der Waals surface area contributed by atoms with E-state index in [2.05, 4.69) is 20.9 Å². The summed E-state index contributed by atoms with van der Waals surface area (Å²) >= 11 is 2.02. The van der Waals surface area contributed by atoms with Crippen LogP contribution in [0, 0.1) is 0 Å². The highest BCUT2D eigenvalue weighted by atomic mass is 127. The number of halogens is 1. The molecular formula is C13H27IN4OS. The molecule has 0 spiro atoms. The van der Waals surface area contributed by atoms with Crippen LogP contribution in [-0.2, 0) is 4.79 Å².